The van der Waals surface area contributed by atoms with Crippen molar-refractivity contribution in [3.05, 3.63) is 0 Å². The van der Waals surface area contributed by atoms with E-state index in [2.05, 4.69) is 11.6 Å². The summed E-state index contributed by atoms with van der Waals surface area (Å²) in [4.78, 5) is 0. The first kappa shape index (κ1) is 13.3. The van der Waals surface area contributed by atoms with Crippen LogP contribution in [0.3, 0.4) is 0 Å². The van der Waals surface area contributed by atoms with Crippen molar-refractivity contribution in [2.75, 3.05) is 25.1 Å². The normalized spacial score (nSPS) is 26.8. The average Bonchev–Trinajstić information content (AvgIpc) is 2.29. The van der Waals surface area contributed by atoms with Gasteiger partial charge in [-0.25, -0.2) is 0 Å². The molecule has 90 valence electrons. The van der Waals surface area contributed by atoms with Crippen LogP contribution in [0.15, 0.2) is 0 Å². The predicted octanol–water partition coefficient (Wildman–Crippen LogP) is 2.24. The summed E-state index contributed by atoms with van der Waals surface area (Å²) in [6, 6.07) is 0.707. The third kappa shape index (κ3) is 5.23. The highest BCUT2D eigenvalue weighted by atomic mass is 32.2. The van der Waals surface area contributed by atoms with Crippen LogP contribution in [0.4, 0.5) is 0 Å². The van der Waals surface area contributed by atoms with Crippen LogP contribution in [0.5, 0.6) is 0 Å². The van der Waals surface area contributed by atoms with Crippen LogP contribution in [0.1, 0.15) is 38.5 Å². The van der Waals surface area contributed by atoms with E-state index in [1.165, 1.54) is 50.8 Å². The Hall–Kier alpha value is 0.270. The number of thioether (sulfide) groups is 1. The van der Waals surface area contributed by atoms with Crippen molar-refractivity contribution in [1.82, 2.24) is 5.32 Å². The first-order chi connectivity index (χ1) is 7.38. The van der Waals surface area contributed by atoms with Gasteiger partial charge in [0.2, 0.25) is 0 Å². The topological polar surface area (TPSA) is 38.0 Å². The van der Waals surface area contributed by atoms with Crippen LogP contribution in [0, 0.1) is 5.92 Å². The minimum absolute atomic E-state index is 0.707. The maximum absolute atomic E-state index is 5.80. The van der Waals surface area contributed by atoms with Crippen molar-refractivity contribution in [3.8, 4) is 0 Å². The molecule has 1 saturated carbocycles. The number of hydrogen-bond donors (Lipinski definition) is 2. The van der Waals surface area contributed by atoms with E-state index in [1.54, 1.807) is 0 Å². The summed E-state index contributed by atoms with van der Waals surface area (Å²) in [7, 11) is 0. The third-order valence-electron chi connectivity index (χ3n) is 3.39. The number of rotatable bonds is 7. The molecule has 2 atom stereocenters. The Morgan fingerprint density at radius 2 is 2.07 bits per heavy atom. The Balaban J connectivity index is 2.07. The van der Waals surface area contributed by atoms with Crippen LogP contribution in [-0.2, 0) is 0 Å². The maximum atomic E-state index is 5.80. The van der Waals surface area contributed by atoms with E-state index >= 15 is 0 Å². The minimum atomic E-state index is 0.707. The first-order valence-corrected chi connectivity index (χ1v) is 7.70. The van der Waals surface area contributed by atoms with E-state index in [1.807, 2.05) is 11.8 Å². The molecule has 3 N–H and O–H groups in total. The molecule has 0 amide bonds. The lowest BCUT2D eigenvalue weighted by Gasteiger charge is -2.31. The largest absolute Gasteiger partial charge is 0.330 e. The van der Waals surface area contributed by atoms with Gasteiger partial charge in [-0.3, -0.25) is 0 Å². The Morgan fingerprint density at radius 1 is 1.27 bits per heavy atom. The van der Waals surface area contributed by atoms with Gasteiger partial charge in [0.1, 0.15) is 0 Å². The molecule has 0 aromatic heterocycles. The van der Waals surface area contributed by atoms with Crippen molar-refractivity contribution >= 4 is 11.8 Å². The zero-order chi connectivity index (χ0) is 10.9. The summed E-state index contributed by atoms with van der Waals surface area (Å²) < 4.78 is 0. The molecule has 0 radical (unpaired) electrons. The quantitative estimate of drug-likeness (QED) is 0.659. The third-order valence-corrected chi connectivity index (χ3v) is 4.09. The second-order valence-corrected chi connectivity index (χ2v) is 5.53. The second kappa shape index (κ2) is 8.43. The monoisotopic (exact) mass is 230 g/mol. The Morgan fingerprint density at radius 3 is 2.80 bits per heavy atom. The van der Waals surface area contributed by atoms with Crippen LogP contribution in [0.2, 0.25) is 0 Å². The average molecular weight is 230 g/mol. The summed E-state index contributed by atoms with van der Waals surface area (Å²) in [6.45, 7) is 2.05. The second-order valence-electron chi connectivity index (χ2n) is 4.54. The molecule has 0 aliphatic heterocycles. The molecule has 1 fully saturated rings. The highest BCUT2D eigenvalue weighted by Gasteiger charge is 2.22. The molecular weight excluding hydrogens is 204 g/mol. The van der Waals surface area contributed by atoms with Crippen molar-refractivity contribution < 1.29 is 0 Å². The van der Waals surface area contributed by atoms with Gasteiger partial charge in [-0.05, 0) is 56.7 Å². The van der Waals surface area contributed by atoms with Crippen molar-refractivity contribution in [2.24, 2.45) is 11.7 Å². The molecule has 3 heteroatoms. The van der Waals surface area contributed by atoms with Crippen molar-refractivity contribution in [3.63, 3.8) is 0 Å². The molecule has 0 saturated heterocycles. The molecule has 1 aliphatic carbocycles. The Labute approximate surface area is 98.8 Å². The highest BCUT2D eigenvalue weighted by molar-refractivity contribution is 7.98. The highest BCUT2D eigenvalue weighted by Crippen LogP contribution is 2.23. The molecule has 1 rings (SSSR count). The zero-order valence-corrected chi connectivity index (χ0v) is 10.8. The maximum Gasteiger partial charge on any atom is 0.0107 e. The lowest BCUT2D eigenvalue weighted by molar-refractivity contribution is 0.268. The van der Waals surface area contributed by atoms with Gasteiger partial charge in [0, 0.05) is 6.04 Å². The number of nitrogens with one attached hydrogen (secondary N) is 1. The molecule has 0 aromatic rings. The molecule has 0 heterocycles. The fourth-order valence-corrected chi connectivity index (χ4v) is 2.91. The van der Waals surface area contributed by atoms with Crippen molar-refractivity contribution in [2.45, 2.75) is 44.6 Å². The van der Waals surface area contributed by atoms with E-state index < -0.39 is 0 Å². The van der Waals surface area contributed by atoms with E-state index in [-0.39, 0.29) is 0 Å². The molecule has 0 spiro atoms. The van der Waals surface area contributed by atoms with Gasteiger partial charge < -0.3 is 11.1 Å². The summed E-state index contributed by atoms with van der Waals surface area (Å²) in [5, 5.41) is 3.69. The molecular formula is C12H26N2S. The van der Waals surface area contributed by atoms with E-state index in [9.17, 15) is 0 Å². The Kier molecular flexibility index (Phi) is 7.49. The van der Waals surface area contributed by atoms with Crippen molar-refractivity contribution in [1.29, 1.82) is 0 Å². The lowest BCUT2D eigenvalue weighted by atomic mass is 9.84. The summed E-state index contributed by atoms with van der Waals surface area (Å²) in [6.07, 6.45) is 10.3. The van der Waals surface area contributed by atoms with Gasteiger partial charge in [0.25, 0.3) is 0 Å². The van der Waals surface area contributed by atoms with Gasteiger partial charge in [0.15, 0.2) is 0 Å². The van der Waals surface area contributed by atoms with Crippen LogP contribution >= 0.6 is 11.8 Å². The molecule has 15 heavy (non-hydrogen) atoms. The molecule has 0 aromatic carbocycles. The van der Waals surface area contributed by atoms with Gasteiger partial charge in [-0.15, -0.1) is 0 Å². The van der Waals surface area contributed by atoms with Gasteiger partial charge in [-0.1, -0.05) is 12.8 Å². The summed E-state index contributed by atoms with van der Waals surface area (Å²) in [5.41, 5.74) is 5.80. The van der Waals surface area contributed by atoms with E-state index in [4.69, 9.17) is 5.73 Å². The SMILES string of the molecule is CSCCCCNC1CCCCC1CN. The fourth-order valence-electron chi connectivity index (χ4n) is 2.42. The molecule has 2 nitrogen and oxygen atoms in total. The number of nitrogens with two attached hydrogens (primary N) is 1. The smallest absolute Gasteiger partial charge is 0.0107 e. The summed E-state index contributed by atoms with van der Waals surface area (Å²) >= 11 is 1.94. The van der Waals surface area contributed by atoms with Gasteiger partial charge in [0.05, 0.1) is 0 Å². The number of hydrogen-bond acceptors (Lipinski definition) is 3. The zero-order valence-electron chi connectivity index (χ0n) is 10.0. The fraction of sp³-hybridized carbons (Fsp3) is 1.00. The van der Waals surface area contributed by atoms with Crippen LogP contribution in [0.25, 0.3) is 0 Å². The lowest BCUT2D eigenvalue weighted by Crippen LogP contribution is -2.42. The molecule has 0 bridgehead atoms. The minimum Gasteiger partial charge on any atom is -0.330 e. The predicted molar refractivity (Wildman–Crippen MR) is 70.4 cm³/mol. The van der Waals surface area contributed by atoms with Gasteiger partial charge >= 0.3 is 0 Å². The van der Waals surface area contributed by atoms with Crippen LogP contribution < -0.4 is 11.1 Å². The standard InChI is InChI=1S/C12H26N2S/c1-15-9-5-4-8-14-12-7-3-2-6-11(12)10-13/h11-12,14H,2-10,13H2,1H3. The Bertz CT molecular complexity index is 153. The first-order valence-electron chi connectivity index (χ1n) is 6.31. The van der Waals surface area contributed by atoms with Gasteiger partial charge in [-0.2, -0.15) is 11.8 Å². The van der Waals surface area contributed by atoms with Crippen LogP contribution in [-0.4, -0.2) is 31.1 Å². The van der Waals surface area contributed by atoms with E-state index in [0.29, 0.717) is 6.04 Å². The van der Waals surface area contributed by atoms with E-state index in [0.717, 1.165) is 12.5 Å². The summed E-state index contributed by atoms with van der Waals surface area (Å²) in [5.74, 6) is 2.03. The molecule has 1 aliphatic rings. The number of unbranched alkanes of at least 4 members (excludes halogenated alkanes) is 1. The molecule has 2 unspecified atom stereocenters.